The first-order valence-electron chi connectivity index (χ1n) is 6.39. The molecule has 1 saturated heterocycles. The summed E-state index contributed by atoms with van der Waals surface area (Å²) < 4.78 is 6.01. The molecule has 1 aliphatic rings. The molecule has 0 spiro atoms. The van der Waals surface area contributed by atoms with Gasteiger partial charge in [-0.25, -0.2) is 0 Å². The van der Waals surface area contributed by atoms with Gasteiger partial charge in [-0.1, -0.05) is 32.9 Å². The Balaban J connectivity index is 2.70. The Hall–Kier alpha value is -0.600. The van der Waals surface area contributed by atoms with Crippen LogP contribution in [-0.2, 0) is 4.74 Å². The van der Waals surface area contributed by atoms with Crippen LogP contribution in [0.1, 0.15) is 40.5 Å². The van der Waals surface area contributed by atoms with Gasteiger partial charge in [0.05, 0.1) is 17.8 Å². The summed E-state index contributed by atoms with van der Waals surface area (Å²) in [5, 5.41) is 10.4. The molecule has 1 fully saturated rings. The lowest BCUT2D eigenvalue weighted by atomic mass is 9.78. The number of hydrogen-bond donors (Lipinski definition) is 1. The molecule has 0 aliphatic carbocycles. The van der Waals surface area contributed by atoms with E-state index in [0.717, 1.165) is 12.8 Å². The quantitative estimate of drug-likeness (QED) is 0.745. The van der Waals surface area contributed by atoms with Crippen LogP contribution in [0.5, 0.6) is 0 Å². The van der Waals surface area contributed by atoms with E-state index in [1.807, 2.05) is 26.0 Å². The molecule has 1 N–H and O–H groups in total. The second-order valence-corrected chi connectivity index (χ2v) is 6.04. The Morgan fingerprint density at radius 3 is 2.47 bits per heavy atom. The van der Waals surface area contributed by atoms with E-state index in [4.69, 9.17) is 4.74 Å². The van der Waals surface area contributed by atoms with E-state index < -0.39 is 6.10 Å². The maximum absolute atomic E-state index is 10.4. The minimum atomic E-state index is -0.433. The Labute approximate surface area is 105 Å². The molecule has 17 heavy (non-hydrogen) atoms. The zero-order valence-electron chi connectivity index (χ0n) is 11.6. The average Bonchev–Trinajstić information content (AvgIpc) is 2.70. The lowest BCUT2D eigenvalue weighted by Gasteiger charge is -2.35. The van der Waals surface area contributed by atoms with Gasteiger partial charge in [-0.05, 0) is 19.8 Å². The second-order valence-electron chi connectivity index (χ2n) is 6.04. The summed E-state index contributed by atoms with van der Waals surface area (Å²) in [6.45, 7) is 15.7. The molecule has 98 valence electrons. The molecule has 0 radical (unpaired) electrons. The number of rotatable bonds is 5. The molecule has 0 aromatic carbocycles. The molecular formula is C15H26O2. The Morgan fingerprint density at radius 1 is 1.47 bits per heavy atom. The van der Waals surface area contributed by atoms with Crippen molar-refractivity contribution in [3.8, 4) is 0 Å². The third-order valence-corrected chi connectivity index (χ3v) is 4.15. The van der Waals surface area contributed by atoms with E-state index in [-0.39, 0.29) is 23.0 Å². The van der Waals surface area contributed by atoms with Crippen molar-refractivity contribution in [2.45, 2.75) is 58.3 Å². The Morgan fingerprint density at radius 2 is 2.06 bits per heavy atom. The average molecular weight is 238 g/mol. The van der Waals surface area contributed by atoms with Gasteiger partial charge in [0.15, 0.2) is 0 Å². The van der Waals surface area contributed by atoms with Crippen LogP contribution in [0.3, 0.4) is 0 Å². The van der Waals surface area contributed by atoms with E-state index in [1.165, 1.54) is 0 Å². The first kappa shape index (κ1) is 14.5. The summed E-state index contributed by atoms with van der Waals surface area (Å²) >= 11 is 0. The largest absolute Gasteiger partial charge is 0.392 e. The first-order chi connectivity index (χ1) is 7.75. The van der Waals surface area contributed by atoms with E-state index in [0.29, 0.717) is 0 Å². The van der Waals surface area contributed by atoms with Crippen LogP contribution in [0.15, 0.2) is 25.3 Å². The van der Waals surface area contributed by atoms with Gasteiger partial charge in [0, 0.05) is 11.3 Å². The highest BCUT2D eigenvalue weighted by molar-refractivity contribution is 5.02. The van der Waals surface area contributed by atoms with Gasteiger partial charge in [-0.15, -0.1) is 13.2 Å². The van der Waals surface area contributed by atoms with Gasteiger partial charge in [0.1, 0.15) is 0 Å². The number of hydrogen-bond acceptors (Lipinski definition) is 2. The molecule has 2 heteroatoms. The highest BCUT2D eigenvalue weighted by Crippen LogP contribution is 2.38. The third-order valence-electron chi connectivity index (χ3n) is 4.15. The molecule has 1 unspecified atom stereocenters. The van der Waals surface area contributed by atoms with Crippen molar-refractivity contribution >= 4 is 0 Å². The van der Waals surface area contributed by atoms with Gasteiger partial charge in [-0.2, -0.15) is 0 Å². The summed E-state index contributed by atoms with van der Waals surface area (Å²) in [7, 11) is 0. The fourth-order valence-corrected chi connectivity index (χ4v) is 2.41. The minimum absolute atomic E-state index is 0.102. The van der Waals surface area contributed by atoms with Crippen molar-refractivity contribution < 1.29 is 9.84 Å². The van der Waals surface area contributed by atoms with Crippen molar-refractivity contribution in [3.05, 3.63) is 25.3 Å². The monoisotopic (exact) mass is 238 g/mol. The predicted molar refractivity (Wildman–Crippen MR) is 71.9 cm³/mol. The molecule has 0 amide bonds. The van der Waals surface area contributed by atoms with Crippen LogP contribution in [-0.4, -0.2) is 22.9 Å². The highest BCUT2D eigenvalue weighted by atomic mass is 16.5. The smallest absolute Gasteiger partial charge is 0.0836 e. The summed E-state index contributed by atoms with van der Waals surface area (Å²) in [6, 6.07) is 0. The molecule has 0 bridgehead atoms. The molecule has 2 nitrogen and oxygen atoms in total. The van der Waals surface area contributed by atoms with Crippen LogP contribution < -0.4 is 0 Å². The topological polar surface area (TPSA) is 29.5 Å². The Kier molecular flexibility index (Phi) is 4.21. The summed E-state index contributed by atoms with van der Waals surface area (Å²) in [5.41, 5.74) is -0.507. The Bertz CT molecular complexity index is 295. The summed E-state index contributed by atoms with van der Waals surface area (Å²) in [4.78, 5) is 0. The van der Waals surface area contributed by atoms with Crippen LogP contribution >= 0.6 is 0 Å². The van der Waals surface area contributed by atoms with E-state index in [9.17, 15) is 5.11 Å². The van der Waals surface area contributed by atoms with Gasteiger partial charge >= 0.3 is 0 Å². The number of aliphatic hydroxyl groups excluding tert-OH is 1. The van der Waals surface area contributed by atoms with Crippen molar-refractivity contribution in [1.29, 1.82) is 0 Å². The van der Waals surface area contributed by atoms with Crippen molar-refractivity contribution in [3.63, 3.8) is 0 Å². The molecule has 1 heterocycles. The van der Waals surface area contributed by atoms with Crippen LogP contribution in [0, 0.1) is 11.3 Å². The first-order valence-corrected chi connectivity index (χ1v) is 6.39. The van der Waals surface area contributed by atoms with Crippen molar-refractivity contribution in [1.82, 2.24) is 0 Å². The maximum atomic E-state index is 10.4. The molecular weight excluding hydrogens is 212 g/mol. The van der Waals surface area contributed by atoms with Crippen molar-refractivity contribution in [2.24, 2.45) is 11.3 Å². The molecule has 1 rings (SSSR count). The fourth-order valence-electron chi connectivity index (χ4n) is 2.41. The number of aliphatic hydroxyl groups is 1. The molecule has 0 aromatic rings. The summed E-state index contributed by atoms with van der Waals surface area (Å²) in [5.74, 6) is 0.102. The second kappa shape index (κ2) is 4.95. The SMILES string of the molecule is C=CC(C)(C)C(O)[C@@H](C)[C@@H]1CC[C@](C)(C=C)O1. The van der Waals surface area contributed by atoms with E-state index in [2.05, 4.69) is 27.0 Å². The molecule has 4 atom stereocenters. The van der Waals surface area contributed by atoms with Crippen LogP contribution in [0.2, 0.25) is 0 Å². The lowest BCUT2D eigenvalue weighted by molar-refractivity contribution is -0.0718. The van der Waals surface area contributed by atoms with E-state index >= 15 is 0 Å². The predicted octanol–water partition coefficient (Wildman–Crippen LogP) is 3.32. The van der Waals surface area contributed by atoms with Gasteiger partial charge in [-0.3, -0.25) is 0 Å². The normalized spacial score (nSPS) is 33.1. The molecule has 0 aromatic heterocycles. The van der Waals surface area contributed by atoms with Crippen molar-refractivity contribution in [2.75, 3.05) is 0 Å². The molecule has 1 aliphatic heterocycles. The van der Waals surface area contributed by atoms with Gasteiger partial charge < -0.3 is 9.84 Å². The standard InChI is InChI=1S/C15H26O2/c1-7-14(4,5)13(16)11(3)12-9-10-15(6,8-2)17-12/h7-8,11-13,16H,1-2,9-10H2,3-6H3/t11-,12-,13?,15-/m0/s1. The van der Waals surface area contributed by atoms with E-state index in [1.54, 1.807) is 0 Å². The third kappa shape index (κ3) is 2.99. The van der Waals surface area contributed by atoms with Gasteiger partial charge in [0.2, 0.25) is 0 Å². The lowest BCUT2D eigenvalue weighted by Crippen LogP contribution is -2.39. The summed E-state index contributed by atoms with van der Waals surface area (Å²) in [6.07, 6.45) is 5.31. The van der Waals surface area contributed by atoms with Crippen LogP contribution in [0.4, 0.5) is 0 Å². The maximum Gasteiger partial charge on any atom is 0.0836 e. The zero-order valence-corrected chi connectivity index (χ0v) is 11.6. The minimum Gasteiger partial charge on any atom is -0.392 e. The number of ether oxygens (including phenoxy) is 1. The molecule has 0 saturated carbocycles. The highest BCUT2D eigenvalue weighted by Gasteiger charge is 2.41. The van der Waals surface area contributed by atoms with Gasteiger partial charge in [0.25, 0.3) is 0 Å². The zero-order chi connectivity index (χ0) is 13.3. The fraction of sp³-hybridized carbons (Fsp3) is 0.733. The van der Waals surface area contributed by atoms with Crippen LogP contribution in [0.25, 0.3) is 0 Å².